The molecule has 0 rings (SSSR count). The van der Waals surface area contributed by atoms with Crippen LogP contribution in [0.3, 0.4) is 0 Å². The molecule has 0 saturated heterocycles. The molecule has 0 saturated carbocycles. The SMILES string of the molecule is CCCC(C(=O)O)C(O)(CC(=O)O)C(=O)O. The molecule has 0 aliphatic rings. The second-order valence-electron chi connectivity index (χ2n) is 3.48. The molecule has 0 aliphatic carbocycles. The van der Waals surface area contributed by atoms with Gasteiger partial charge in [0.1, 0.15) is 0 Å². The van der Waals surface area contributed by atoms with Crippen LogP contribution >= 0.6 is 0 Å². The van der Waals surface area contributed by atoms with Crippen LogP contribution in [0.5, 0.6) is 0 Å². The number of carboxylic acids is 3. The maximum atomic E-state index is 10.8. The highest BCUT2D eigenvalue weighted by atomic mass is 16.4. The van der Waals surface area contributed by atoms with Gasteiger partial charge < -0.3 is 20.4 Å². The maximum Gasteiger partial charge on any atom is 0.337 e. The van der Waals surface area contributed by atoms with Gasteiger partial charge in [0.2, 0.25) is 0 Å². The minimum atomic E-state index is -2.77. The lowest BCUT2D eigenvalue weighted by atomic mass is 9.81. The van der Waals surface area contributed by atoms with Crippen LogP contribution in [0.25, 0.3) is 0 Å². The molecule has 4 N–H and O–H groups in total. The third-order valence-electron chi connectivity index (χ3n) is 2.24. The summed E-state index contributed by atoms with van der Waals surface area (Å²) in [5, 5.41) is 35.7. The van der Waals surface area contributed by atoms with Crippen molar-refractivity contribution in [2.75, 3.05) is 0 Å². The first-order valence-electron chi connectivity index (χ1n) is 4.66. The molecule has 0 aromatic heterocycles. The molecule has 7 nitrogen and oxygen atoms in total. The van der Waals surface area contributed by atoms with Gasteiger partial charge >= 0.3 is 17.9 Å². The fourth-order valence-corrected chi connectivity index (χ4v) is 1.43. The van der Waals surface area contributed by atoms with E-state index in [0.29, 0.717) is 6.42 Å². The van der Waals surface area contributed by atoms with Gasteiger partial charge in [-0.05, 0) is 6.42 Å². The van der Waals surface area contributed by atoms with Crippen molar-refractivity contribution < 1.29 is 34.8 Å². The first-order chi connectivity index (χ1) is 7.25. The Morgan fingerprint density at radius 3 is 1.94 bits per heavy atom. The van der Waals surface area contributed by atoms with E-state index in [-0.39, 0.29) is 6.42 Å². The van der Waals surface area contributed by atoms with Crippen molar-refractivity contribution in [2.45, 2.75) is 31.8 Å². The van der Waals surface area contributed by atoms with Crippen LogP contribution in [0.4, 0.5) is 0 Å². The van der Waals surface area contributed by atoms with Crippen LogP contribution in [0.2, 0.25) is 0 Å². The Morgan fingerprint density at radius 2 is 1.69 bits per heavy atom. The molecule has 0 aliphatic heterocycles. The van der Waals surface area contributed by atoms with Gasteiger partial charge in [-0.3, -0.25) is 9.59 Å². The molecule has 7 heteroatoms. The number of rotatable bonds is 7. The van der Waals surface area contributed by atoms with Crippen molar-refractivity contribution in [3.8, 4) is 0 Å². The molecule has 92 valence electrons. The highest BCUT2D eigenvalue weighted by molar-refractivity contribution is 5.89. The Bertz CT molecular complexity index is 298. The zero-order valence-corrected chi connectivity index (χ0v) is 8.71. The van der Waals surface area contributed by atoms with Crippen molar-refractivity contribution in [3.63, 3.8) is 0 Å². The molecule has 0 aromatic carbocycles. The number of aliphatic carboxylic acids is 3. The first kappa shape index (κ1) is 14.4. The number of carboxylic acid groups (broad SMARTS) is 3. The summed E-state index contributed by atoms with van der Waals surface area (Å²) in [6, 6.07) is 0. The van der Waals surface area contributed by atoms with Gasteiger partial charge in [-0.1, -0.05) is 13.3 Å². The van der Waals surface area contributed by atoms with Crippen molar-refractivity contribution in [3.05, 3.63) is 0 Å². The molecular formula is C9H14O7. The summed E-state index contributed by atoms with van der Waals surface area (Å²) in [4.78, 5) is 32.0. The van der Waals surface area contributed by atoms with E-state index in [1.165, 1.54) is 0 Å². The van der Waals surface area contributed by atoms with Gasteiger partial charge in [0.15, 0.2) is 5.60 Å². The molecule has 0 heterocycles. The molecular weight excluding hydrogens is 220 g/mol. The van der Waals surface area contributed by atoms with Gasteiger partial charge in [0.05, 0.1) is 12.3 Å². The minimum Gasteiger partial charge on any atom is -0.481 e. The summed E-state index contributed by atoms with van der Waals surface area (Å²) < 4.78 is 0. The molecule has 0 radical (unpaired) electrons. The smallest absolute Gasteiger partial charge is 0.337 e. The summed E-state index contributed by atoms with van der Waals surface area (Å²) >= 11 is 0. The van der Waals surface area contributed by atoms with Crippen molar-refractivity contribution in [1.29, 1.82) is 0 Å². The molecule has 0 fully saturated rings. The quantitative estimate of drug-likeness (QED) is 0.478. The maximum absolute atomic E-state index is 10.8. The third-order valence-corrected chi connectivity index (χ3v) is 2.24. The standard InChI is InChI=1S/C9H14O7/c1-2-3-5(7(12)13)9(16,8(14)15)4-6(10)11/h5,16H,2-4H2,1H3,(H,10,11)(H,12,13)(H,14,15). The fraction of sp³-hybridized carbons (Fsp3) is 0.667. The highest BCUT2D eigenvalue weighted by Gasteiger charge is 2.49. The summed E-state index contributed by atoms with van der Waals surface area (Å²) in [5.41, 5.74) is -2.77. The second-order valence-corrected chi connectivity index (χ2v) is 3.48. The summed E-state index contributed by atoms with van der Waals surface area (Å²) in [7, 11) is 0. The fourth-order valence-electron chi connectivity index (χ4n) is 1.43. The van der Waals surface area contributed by atoms with Crippen molar-refractivity contribution in [2.24, 2.45) is 5.92 Å². The van der Waals surface area contributed by atoms with E-state index in [2.05, 4.69) is 0 Å². The topological polar surface area (TPSA) is 132 Å². The monoisotopic (exact) mass is 234 g/mol. The Balaban J connectivity index is 5.19. The number of carbonyl (C=O) groups is 3. The molecule has 2 atom stereocenters. The van der Waals surface area contributed by atoms with E-state index in [4.69, 9.17) is 15.3 Å². The molecule has 0 amide bonds. The van der Waals surface area contributed by atoms with E-state index in [1.807, 2.05) is 0 Å². The highest BCUT2D eigenvalue weighted by Crippen LogP contribution is 2.27. The van der Waals surface area contributed by atoms with E-state index < -0.39 is 35.8 Å². The first-order valence-corrected chi connectivity index (χ1v) is 4.66. The van der Waals surface area contributed by atoms with Gasteiger partial charge in [0, 0.05) is 0 Å². The van der Waals surface area contributed by atoms with Crippen LogP contribution in [-0.2, 0) is 14.4 Å². The lowest BCUT2D eigenvalue weighted by molar-refractivity contribution is -0.179. The predicted octanol–water partition coefficient (Wildman–Crippen LogP) is -0.222. The largest absolute Gasteiger partial charge is 0.481 e. The Hall–Kier alpha value is -1.63. The summed E-state index contributed by atoms with van der Waals surface area (Å²) in [5.74, 6) is -6.55. The Morgan fingerprint density at radius 1 is 1.19 bits per heavy atom. The molecule has 0 spiro atoms. The van der Waals surface area contributed by atoms with Crippen LogP contribution in [0, 0.1) is 5.92 Å². The molecule has 2 unspecified atom stereocenters. The lowest BCUT2D eigenvalue weighted by Gasteiger charge is -2.27. The van der Waals surface area contributed by atoms with Gasteiger partial charge in [0.25, 0.3) is 0 Å². The number of hydrogen-bond acceptors (Lipinski definition) is 4. The van der Waals surface area contributed by atoms with Crippen LogP contribution in [-0.4, -0.2) is 43.9 Å². The minimum absolute atomic E-state index is 0.106. The Kier molecular flexibility index (Phi) is 4.90. The van der Waals surface area contributed by atoms with E-state index >= 15 is 0 Å². The third kappa shape index (κ3) is 3.20. The summed E-state index contributed by atoms with van der Waals surface area (Å²) in [6.45, 7) is 1.61. The van der Waals surface area contributed by atoms with Gasteiger partial charge in [-0.2, -0.15) is 0 Å². The molecule has 16 heavy (non-hydrogen) atoms. The van der Waals surface area contributed by atoms with Gasteiger partial charge in [-0.15, -0.1) is 0 Å². The van der Waals surface area contributed by atoms with E-state index in [9.17, 15) is 19.5 Å². The summed E-state index contributed by atoms with van der Waals surface area (Å²) in [6.07, 6.45) is -0.920. The van der Waals surface area contributed by atoms with Gasteiger partial charge in [-0.25, -0.2) is 4.79 Å². The average Bonchev–Trinajstić information content (AvgIpc) is 2.11. The number of hydrogen-bond donors (Lipinski definition) is 4. The second kappa shape index (κ2) is 5.45. The average molecular weight is 234 g/mol. The number of aliphatic hydroxyl groups is 1. The lowest BCUT2D eigenvalue weighted by Crippen LogP contribution is -2.50. The normalized spacial score (nSPS) is 16.1. The van der Waals surface area contributed by atoms with Crippen molar-refractivity contribution in [1.82, 2.24) is 0 Å². The van der Waals surface area contributed by atoms with E-state index in [0.717, 1.165) is 0 Å². The van der Waals surface area contributed by atoms with Crippen molar-refractivity contribution >= 4 is 17.9 Å². The Labute approximate surface area is 91.3 Å². The predicted molar refractivity (Wildman–Crippen MR) is 50.9 cm³/mol. The molecule has 0 aromatic rings. The van der Waals surface area contributed by atoms with E-state index in [1.54, 1.807) is 6.92 Å². The van der Waals surface area contributed by atoms with Crippen LogP contribution < -0.4 is 0 Å². The zero-order chi connectivity index (χ0) is 12.9. The zero-order valence-electron chi connectivity index (χ0n) is 8.71. The van der Waals surface area contributed by atoms with Crippen LogP contribution in [0.1, 0.15) is 26.2 Å². The molecule has 0 bridgehead atoms. The van der Waals surface area contributed by atoms with Crippen LogP contribution in [0.15, 0.2) is 0 Å².